The smallest absolute Gasteiger partial charge is 0.337 e. The minimum Gasteiger partial charge on any atom is -0.478 e. The lowest BCUT2D eigenvalue weighted by molar-refractivity contribution is 0.0697. The Morgan fingerprint density at radius 3 is 2.59 bits per heavy atom. The number of rotatable bonds is 6. The maximum absolute atomic E-state index is 11.1. The minimum atomic E-state index is -1.05. The second kappa shape index (κ2) is 8.10. The fraction of sp³-hybridized carbons (Fsp3) is 0.143. The third-order valence-electron chi connectivity index (χ3n) is 4.25. The molecule has 0 aliphatic heterocycles. The first-order chi connectivity index (χ1) is 13.0. The van der Waals surface area contributed by atoms with E-state index in [2.05, 4.69) is 5.16 Å². The van der Waals surface area contributed by atoms with Crippen LogP contribution in [0.4, 0.5) is 0 Å². The van der Waals surface area contributed by atoms with Gasteiger partial charge in [0, 0.05) is 22.6 Å². The maximum Gasteiger partial charge on any atom is 0.337 e. The molecule has 1 N–H and O–H groups in total. The molecule has 0 radical (unpaired) electrons. The molecule has 1 aromatic heterocycles. The van der Waals surface area contributed by atoms with E-state index in [0.717, 1.165) is 28.2 Å². The zero-order chi connectivity index (χ0) is 19.4. The van der Waals surface area contributed by atoms with Crippen molar-refractivity contribution in [2.24, 2.45) is 5.16 Å². The highest BCUT2D eigenvalue weighted by Crippen LogP contribution is 2.25. The number of benzene rings is 2. The molecule has 0 spiro atoms. The average molecular weight is 383 g/mol. The van der Waals surface area contributed by atoms with Crippen LogP contribution in [0.1, 0.15) is 32.9 Å². The van der Waals surface area contributed by atoms with Crippen molar-refractivity contribution in [3.63, 3.8) is 0 Å². The van der Waals surface area contributed by atoms with Gasteiger partial charge in [-0.25, -0.2) is 4.79 Å². The molecular weight excluding hydrogens is 364 g/mol. The second-order valence-electron chi connectivity index (χ2n) is 6.12. The number of halogens is 1. The molecule has 0 amide bonds. The quantitative estimate of drug-likeness (QED) is 0.482. The van der Waals surface area contributed by atoms with Gasteiger partial charge in [-0.05, 0) is 43.7 Å². The molecule has 0 unspecified atom stereocenters. The van der Waals surface area contributed by atoms with Gasteiger partial charge in [-0.15, -0.1) is 0 Å². The summed E-state index contributed by atoms with van der Waals surface area (Å²) < 4.78 is 2.00. The topological polar surface area (TPSA) is 63.8 Å². The van der Waals surface area contributed by atoms with Crippen LogP contribution in [-0.2, 0) is 11.4 Å². The van der Waals surface area contributed by atoms with Gasteiger partial charge in [0.2, 0.25) is 0 Å². The van der Waals surface area contributed by atoms with E-state index in [-0.39, 0.29) is 10.6 Å². The summed E-state index contributed by atoms with van der Waals surface area (Å²) in [6, 6.07) is 16.7. The van der Waals surface area contributed by atoms with Crippen LogP contribution >= 0.6 is 11.6 Å². The highest BCUT2D eigenvalue weighted by molar-refractivity contribution is 6.33. The SMILES string of the molecule is Cc1cc(/C=N/OCc2ccccc2)c(C)n1-c1ccc(C(=O)O)c(Cl)c1. The molecule has 0 saturated heterocycles. The molecule has 0 aliphatic rings. The molecule has 2 aromatic carbocycles. The Morgan fingerprint density at radius 2 is 1.93 bits per heavy atom. The highest BCUT2D eigenvalue weighted by atomic mass is 35.5. The zero-order valence-corrected chi connectivity index (χ0v) is 15.8. The molecule has 0 saturated carbocycles. The summed E-state index contributed by atoms with van der Waals surface area (Å²) in [6.07, 6.45) is 1.68. The number of hydrogen-bond acceptors (Lipinski definition) is 3. The van der Waals surface area contributed by atoms with Crippen LogP contribution in [-0.4, -0.2) is 21.9 Å². The van der Waals surface area contributed by atoms with Gasteiger partial charge in [0.25, 0.3) is 0 Å². The first-order valence-corrected chi connectivity index (χ1v) is 8.76. The number of aryl methyl sites for hydroxylation is 1. The van der Waals surface area contributed by atoms with Crippen LogP contribution in [0, 0.1) is 13.8 Å². The lowest BCUT2D eigenvalue weighted by atomic mass is 10.2. The van der Waals surface area contributed by atoms with Crippen molar-refractivity contribution < 1.29 is 14.7 Å². The van der Waals surface area contributed by atoms with E-state index < -0.39 is 5.97 Å². The largest absolute Gasteiger partial charge is 0.478 e. The van der Waals surface area contributed by atoms with E-state index in [0.29, 0.717) is 6.61 Å². The summed E-state index contributed by atoms with van der Waals surface area (Å²) in [5, 5.41) is 13.4. The number of hydrogen-bond donors (Lipinski definition) is 1. The fourth-order valence-electron chi connectivity index (χ4n) is 2.91. The molecule has 0 fully saturated rings. The van der Waals surface area contributed by atoms with Crippen LogP contribution in [0.2, 0.25) is 5.02 Å². The van der Waals surface area contributed by atoms with Crippen LogP contribution in [0.3, 0.4) is 0 Å². The highest BCUT2D eigenvalue weighted by Gasteiger charge is 2.13. The minimum absolute atomic E-state index is 0.0824. The van der Waals surface area contributed by atoms with Crippen molar-refractivity contribution >= 4 is 23.8 Å². The Kier molecular flexibility index (Phi) is 5.62. The molecule has 0 atom stereocenters. The number of nitrogens with zero attached hydrogens (tertiary/aromatic N) is 2. The van der Waals surface area contributed by atoms with Crippen LogP contribution in [0.5, 0.6) is 0 Å². The number of carboxylic acids is 1. The number of carboxylic acid groups (broad SMARTS) is 1. The van der Waals surface area contributed by atoms with Gasteiger partial charge in [-0.2, -0.15) is 0 Å². The summed E-state index contributed by atoms with van der Waals surface area (Å²) in [5.74, 6) is -1.05. The van der Waals surface area contributed by atoms with Gasteiger partial charge in [0.05, 0.1) is 16.8 Å². The molecule has 6 heteroatoms. The van der Waals surface area contributed by atoms with Gasteiger partial charge >= 0.3 is 5.97 Å². The Morgan fingerprint density at radius 1 is 1.19 bits per heavy atom. The molecule has 27 heavy (non-hydrogen) atoms. The van der Waals surface area contributed by atoms with Crippen molar-refractivity contribution in [1.29, 1.82) is 0 Å². The number of oxime groups is 1. The van der Waals surface area contributed by atoms with Crippen molar-refractivity contribution in [3.8, 4) is 5.69 Å². The van der Waals surface area contributed by atoms with Gasteiger partial charge in [-0.1, -0.05) is 47.1 Å². The Labute approximate surface area is 162 Å². The van der Waals surface area contributed by atoms with E-state index >= 15 is 0 Å². The molecule has 3 rings (SSSR count). The molecule has 0 bridgehead atoms. The molecular formula is C21H19ClN2O3. The first-order valence-electron chi connectivity index (χ1n) is 8.39. The Hall–Kier alpha value is -3.05. The standard InChI is InChI=1S/C21H19ClN2O3/c1-14-10-17(12-23-27-13-16-6-4-3-5-7-16)15(2)24(14)18-8-9-19(21(25)26)20(22)11-18/h3-12H,13H2,1-2H3,(H,25,26)/b23-12+. The van der Waals surface area contributed by atoms with Gasteiger partial charge in [0.1, 0.15) is 6.61 Å². The summed E-state index contributed by atoms with van der Waals surface area (Å²) in [5.41, 5.74) is 4.78. The third-order valence-corrected chi connectivity index (χ3v) is 4.56. The lowest BCUT2D eigenvalue weighted by Crippen LogP contribution is -2.02. The van der Waals surface area contributed by atoms with Crippen molar-refractivity contribution in [2.75, 3.05) is 0 Å². The van der Waals surface area contributed by atoms with Crippen molar-refractivity contribution in [1.82, 2.24) is 4.57 Å². The Balaban J connectivity index is 1.79. The van der Waals surface area contributed by atoms with Crippen LogP contribution in [0.25, 0.3) is 5.69 Å². The van der Waals surface area contributed by atoms with E-state index in [1.54, 1.807) is 18.3 Å². The predicted molar refractivity (Wildman–Crippen MR) is 106 cm³/mol. The predicted octanol–water partition coefficient (Wildman–Crippen LogP) is 5.00. The Bertz CT molecular complexity index is 994. The molecule has 1 heterocycles. The maximum atomic E-state index is 11.1. The van der Waals surface area contributed by atoms with Gasteiger partial charge in [0.15, 0.2) is 0 Å². The molecule has 3 aromatic rings. The van der Waals surface area contributed by atoms with Gasteiger partial charge in [-0.3, -0.25) is 0 Å². The fourth-order valence-corrected chi connectivity index (χ4v) is 3.17. The van der Waals surface area contributed by atoms with Crippen LogP contribution in [0.15, 0.2) is 59.8 Å². The lowest BCUT2D eigenvalue weighted by Gasteiger charge is -2.11. The average Bonchev–Trinajstić information content (AvgIpc) is 2.93. The van der Waals surface area contributed by atoms with E-state index in [4.69, 9.17) is 21.5 Å². The molecule has 138 valence electrons. The zero-order valence-electron chi connectivity index (χ0n) is 15.0. The van der Waals surface area contributed by atoms with Crippen molar-refractivity contribution in [3.05, 3.63) is 87.7 Å². The summed E-state index contributed by atoms with van der Waals surface area (Å²) in [4.78, 5) is 16.5. The summed E-state index contributed by atoms with van der Waals surface area (Å²) in [6.45, 7) is 4.33. The normalized spacial score (nSPS) is 11.1. The summed E-state index contributed by atoms with van der Waals surface area (Å²) in [7, 11) is 0. The monoisotopic (exact) mass is 382 g/mol. The molecule has 0 aliphatic carbocycles. The summed E-state index contributed by atoms with van der Waals surface area (Å²) >= 11 is 6.11. The van der Waals surface area contributed by atoms with E-state index in [1.165, 1.54) is 6.07 Å². The van der Waals surface area contributed by atoms with E-state index in [9.17, 15) is 4.79 Å². The first kappa shape index (κ1) is 18.7. The molecule has 5 nitrogen and oxygen atoms in total. The number of aromatic nitrogens is 1. The second-order valence-corrected chi connectivity index (χ2v) is 6.53. The number of carbonyl (C=O) groups is 1. The number of aromatic carboxylic acids is 1. The third kappa shape index (κ3) is 4.20. The van der Waals surface area contributed by atoms with Crippen molar-refractivity contribution in [2.45, 2.75) is 20.5 Å². The van der Waals surface area contributed by atoms with Crippen LogP contribution < -0.4 is 0 Å². The van der Waals surface area contributed by atoms with E-state index in [1.807, 2.05) is 54.8 Å². The van der Waals surface area contributed by atoms with Gasteiger partial charge < -0.3 is 14.5 Å².